The first kappa shape index (κ1) is 20.9. The Morgan fingerprint density at radius 1 is 1.23 bits per heavy atom. The van der Waals surface area contributed by atoms with Crippen LogP contribution in [0.3, 0.4) is 0 Å². The van der Waals surface area contributed by atoms with Gasteiger partial charge in [0.2, 0.25) is 10.0 Å². The van der Waals surface area contributed by atoms with Gasteiger partial charge >= 0.3 is 12.1 Å². The second kappa shape index (κ2) is 7.34. The third kappa shape index (κ3) is 3.68. The van der Waals surface area contributed by atoms with Gasteiger partial charge in [0.15, 0.2) is 0 Å². The number of nitrogens with one attached hydrogen (secondary N) is 1. The number of esters is 1. The molecule has 146 valence electrons. The molecule has 0 saturated carbocycles. The van der Waals surface area contributed by atoms with Crippen LogP contribution in [0.25, 0.3) is 0 Å². The zero-order chi connectivity index (χ0) is 18.4. The number of carbonyl (C=O) groups excluding carboxylic acids is 1. The fraction of sp³-hybridized carbons (Fsp3) is 0.533. The average molecular weight is 415 g/mol. The van der Waals surface area contributed by atoms with E-state index in [0.717, 1.165) is 19.2 Å². The van der Waals surface area contributed by atoms with Gasteiger partial charge in [-0.15, -0.1) is 12.4 Å². The zero-order valence-corrected chi connectivity index (χ0v) is 15.4. The van der Waals surface area contributed by atoms with Crippen molar-refractivity contribution < 1.29 is 31.1 Å². The highest BCUT2D eigenvalue weighted by Crippen LogP contribution is 2.36. The number of methoxy groups -OCH3 is 1. The first-order valence-corrected chi connectivity index (χ1v) is 9.09. The number of hydrogen-bond acceptors (Lipinski definition) is 5. The smallest absolute Gasteiger partial charge is 0.417 e. The van der Waals surface area contributed by atoms with Crippen LogP contribution in [0.4, 0.5) is 13.2 Å². The van der Waals surface area contributed by atoms with Crippen LogP contribution in [0, 0.1) is 11.8 Å². The lowest BCUT2D eigenvalue weighted by Crippen LogP contribution is -2.32. The van der Waals surface area contributed by atoms with Crippen molar-refractivity contribution >= 4 is 28.4 Å². The van der Waals surface area contributed by atoms with Crippen molar-refractivity contribution in [3.05, 3.63) is 29.3 Å². The summed E-state index contributed by atoms with van der Waals surface area (Å²) in [7, 11) is -3.10. The Morgan fingerprint density at radius 2 is 1.81 bits per heavy atom. The van der Waals surface area contributed by atoms with E-state index in [0.29, 0.717) is 19.2 Å². The molecule has 6 nitrogen and oxygen atoms in total. The maximum Gasteiger partial charge on any atom is 0.417 e. The Labute approximate surface area is 155 Å². The van der Waals surface area contributed by atoms with Crippen LogP contribution >= 0.6 is 12.4 Å². The van der Waals surface area contributed by atoms with Crippen LogP contribution in [0.15, 0.2) is 23.1 Å². The van der Waals surface area contributed by atoms with E-state index < -0.39 is 38.2 Å². The molecule has 1 N–H and O–H groups in total. The lowest BCUT2D eigenvalue weighted by molar-refractivity contribution is -0.138. The molecule has 0 aliphatic carbocycles. The number of sulfonamides is 1. The Bertz CT molecular complexity index is 789. The van der Waals surface area contributed by atoms with Crippen molar-refractivity contribution in [1.82, 2.24) is 9.62 Å². The number of rotatable bonds is 3. The van der Waals surface area contributed by atoms with Gasteiger partial charge in [-0.05, 0) is 43.1 Å². The summed E-state index contributed by atoms with van der Waals surface area (Å²) in [5.41, 5.74) is -2.03. The fourth-order valence-corrected chi connectivity index (χ4v) is 4.94. The standard InChI is InChI=1S/C15H17F3N2O4S.ClH/c1-24-14(21)12-3-2-11(4-13(12)15(16,17)18)25(22,23)20-7-9-5-19-6-10(9)8-20;/h2-4,9-10,19H,5-8H2,1H3;1H/t9-,10+;. The van der Waals surface area contributed by atoms with Gasteiger partial charge in [-0.2, -0.15) is 17.5 Å². The highest BCUT2D eigenvalue weighted by molar-refractivity contribution is 7.89. The predicted molar refractivity (Wildman–Crippen MR) is 88.6 cm³/mol. The third-order valence-corrected chi connectivity index (χ3v) is 6.52. The molecule has 2 fully saturated rings. The Hall–Kier alpha value is -1.36. The van der Waals surface area contributed by atoms with Crippen LogP contribution in [-0.2, 0) is 20.9 Å². The molecular weight excluding hydrogens is 397 g/mol. The molecule has 3 rings (SSSR count). The summed E-state index contributed by atoms with van der Waals surface area (Å²) >= 11 is 0. The summed E-state index contributed by atoms with van der Waals surface area (Å²) in [5, 5.41) is 3.17. The lowest BCUT2D eigenvalue weighted by Gasteiger charge is -2.19. The largest absolute Gasteiger partial charge is 0.465 e. The molecule has 1 aromatic carbocycles. The van der Waals surface area contributed by atoms with Crippen molar-refractivity contribution in [3.8, 4) is 0 Å². The normalized spacial score (nSPS) is 23.4. The van der Waals surface area contributed by atoms with Crippen LogP contribution in [0.1, 0.15) is 15.9 Å². The summed E-state index contributed by atoms with van der Waals surface area (Å²) < 4.78 is 70.8. The van der Waals surface area contributed by atoms with Gasteiger partial charge in [0.05, 0.1) is 23.1 Å². The summed E-state index contributed by atoms with van der Waals surface area (Å²) in [6.07, 6.45) is -4.87. The van der Waals surface area contributed by atoms with Gasteiger partial charge in [-0.25, -0.2) is 13.2 Å². The number of hydrogen-bond donors (Lipinski definition) is 1. The van der Waals surface area contributed by atoms with E-state index in [1.54, 1.807) is 0 Å². The maximum atomic E-state index is 13.3. The van der Waals surface area contributed by atoms with Gasteiger partial charge < -0.3 is 10.1 Å². The van der Waals surface area contributed by atoms with Crippen molar-refractivity contribution in [2.75, 3.05) is 33.3 Å². The van der Waals surface area contributed by atoms with E-state index in [-0.39, 0.29) is 37.3 Å². The first-order valence-electron chi connectivity index (χ1n) is 7.65. The van der Waals surface area contributed by atoms with E-state index in [4.69, 9.17) is 0 Å². The highest BCUT2D eigenvalue weighted by atomic mass is 35.5. The minimum atomic E-state index is -4.87. The summed E-state index contributed by atoms with van der Waals surface area (Å²) in [5.74, 6) is -0.824. The van der Waals surface area contributed by atoms with Gasteiger partial charge in [-0.1, -0.05) is 0 Å². The van der Waals surface area contributed by atoms with Crippen molar-refractivity contribution in [1.29, 1.82) is 0 Å². The maximum absolute atomic E-state index is 13.3. The molecule has 2 aliphatic rings. The molecule has 2 saturated heterocycles. The van der Waals surface area contributed by atoms with Crippen molar-refractivity contribution in [2.45, 2.75) is 11.1 Å². The monoisotopic (exact) mass is 414 g/mol. The SMILES string of the molecule is COC(=O)c1ccc(S(=O)(=O)N2C[C@H]3CNC[C@H]3C2)cc1C(F)(F)F.Cl. The van der Waals surface area contributed by atoms with E-state index in [1.807, 2.05) is 0 Å². The van der Waals surface area contributed by atoms with Crippen LogP contribution in [-0.4, -0.2) is 52.0 Å². The molecule has 0 bridgehead atoms. The minimum Gasteiger partial charge on any atom is -0.465 e. The van der Waals surface area contributed by atoms with Gasteiger partial charge in [0, 0.05) is 13.1 Å². The second-order valence-corrected chi connectivity index (χ2v) is 8.14. The lowest BCUT2D eigenvalue weighted by atomic mass is 10.0. The highest BCUT2D eigenvalue weighted by Gasteiger charge is 2.43. The predicted octanol–water partition coefficient (Wildman–Crippen LogP) is 1.75. The summed E-state index contributed by atoms with van der Waals surface area (Å²) in [6, 6.07) is 2.37. The molecule has 0 spiro atoms. The molecule has 11 heteroatoms. The topological polar surface area (TPSA) is 75.7 Å². The van der Waals surface area contributed by atoms with Crippen LogP contribution in [0.2, 0.25) is 0 Å². The fourth-order valence-electron chi connectivity index (χ4n) is 3.36. The molecular formula is C15H18ClF3N2O4S. The molecule has 2 heterocycles. The van der Waals surface area contributed by atoms with Crippen LogP contribution < -0.4 is 5.32 Å². The number of fused-ring (bicyclic) bond motifs is 1. The number of nitrogens with zero attached hydrogens (tertiary/aromatic N) is 1. The number of halogens is 4. The number of carbonyl (C=O) groups is 1. The molecule has 2 atom stereocenters. The molecule has 0 aromatic heterocycles. The average Bonchev–Trinajstić information content (AvgIpc) is 3.14. The molecule has 26 heavy (non-hydrogen) atoms. The molecule has 2 aliphatic heterocycles. The molecule has 0 unspecified atom stereocenters. The number of ether oxygens (including phenoxy) is 1. The summed E-state index contributed by atoms with van der Waals surface area (Å²) in [6.45, 7) is 1.96. The Balaban J connectivity index is 0.00000243. The van der Waals surface area contributed by atoms with Crippen LogP contribution in [0.5, 0.6) is 0 Å². The van der Waals surface area contributed by atoms with E-state index in [1.165, 1.54) is 4.31 Å². The Kier molecular flexibility index (Phi) is 5.91. The molecule has 0 radical (unpaired) electrons. The third-order valence-electron chi connectivity index (χ3n) is 4.70. The Morgan fingerprint density at radius 3 is 2.31 bits per heavy atom. The van der Waals surface area contributed by atoms with Crippen molar-refractivity contribution in [2.24, 2.45) is 11.8 Å². The van der Waals surface area contributed by atoms with E-state index in [2.05, 4.69) is 10.1 Å². The summed E-state index contributed by atoms with van der Waals surface area (Å²) in [4.78, 5) is 11.1. The van der Waals surface area contributed by atoms with E-state index in [9.17, 15) is 26.4 Å². The van der Waals surface area contributed by atoms with Gasteiger partial charge in [0.25, 0.3) is 0 Å². The minimum absolute atomic E-state index is 0. The number of benzene rings is 1. The van der Waals surface area contributed by atoms with Gasteiger partial charge in [-0.3, -0.25) is 0 Å². The van der Waals surface area contributed by atoms with Crippen molar-refractivity contribution in [3.63, 3.8) is 0 Å². The first-order chi connectivity index (χ1) is 11.6. The second-order valence-electron chi connectivity index (χ2n) is 6.20. The van der Waals surface area contributed by atoms with Gasteiger partial charge in [0.1, 0.15) is 0 Å². The zero-order valence-electron chi connectivity index (χ0n) is 13.7. The molecule has 1 aromatic rings. The quantitative estimate of drug-likeness (QED) is 0.763. The van der Waals surface area contributed by atoms with E-state index >= 15 is 0 Å². The number of alkyl halides is 3. The molecule has 0 amide bonds.